The Balaban J connectivity index is 1.37. The van der Waals surface area contributed by atoms with Gasteiger partial charge in [-0.1, -0.05) is 25.4 Å². The number of hydrogen-bond donors (Lipinski definition) is 2. The number of halogens is 1. The van der Waals surface area contributed by atoms with Crippen molar-refractivity contribution in [1.29, 1.82) is 0 Å². The van der Waals surface area contributed by atoms with Crippen molar-refractivity contribution in [3.05, 3.63) is 45.3 Å². The van der Waals surface area contributed by atoms with Gasteiger partial charge in [-0.05, 0) is 34.7 Å². The lowest BCUT2D eigenvalue weighted by Gasteiger charge is -2.16. The first-order valence-corrected chi connectivity index (χ1v) is 15.1. The lowest BCUT2D eigenvalue weighted by atomic mass is 10.0. The summed E-state index contributed by atoms with van der Waals surface area (Å²) < 4.78 is 23.8. The fourth-order valence-electron chi connectivity index (χ4n) is 4.76. The molecule has 44 heavy (non-hydrogen) atoms. The maximum absolute atomic E-state index is 12.7. The zero-order valence-corrected chi connectivity index (χ0v) is 26.4. The molecule has 0 radical (unpaired) electrons. The molecule has 1 aliphatic rings. The maximum atomic E-state index is 12.7. The summed E-state index contributed by atoms with van der Waals surface area (Å²) in [5.41, 5.74) is 1.55. The molecule has 3 aromatic rings. The quantitative estimate of drug-likeness (QED) is 0.156. The zero-order valence-electron chi connectivity index (χ0n) is 24.8. The predicted octanol–water partition coefficient (Wildman–Crippen LogP) is 5.67. The van der Waals surface area contributed by atoms with Gasteiger partial charge in [-0.25, -0.2) is 0 Å². The number of carbonyl (C=O) groups excluding carboxylic acids is 2. The van der Waals surface area contributed by atoms with Crippen LogP contribution < -0.4 is 18.9 Å². The zero-order chi connectivity index (χ0) is 32.1. The molecular weight excluding hydrogens is 614 g/mol. The SMILES string of the molecule is COc1cc2sc(C(=O)C[C@H](C)C(=O)O)cc2cc1OCCCOc1cc2c(c(Cl)c1OC)CN(C(=O)C[C@H](C)C(=O)O)C2. The molecule has 0 aliphatic carbocycles. The fourth-order valence-corrected chi connectivity index (χ4v) is 6.13. The first kappa shape index (κ1) is 32.9. The van der Waals surface area contributed by atoms with E-state index in [0.717, 1.165) is 21.2 Å². The number of carboxylic acid groups (broad SMARTS) is 2. The van der Waals surface area contributed by atoms with E-state index in [2.05, 4.69) is 0 Å². The number of ketones is 1. The second-order valence-corrected chi connectivity index (χ2v) is 12.1. The molecule has 2 aromatic carbocycles. The Hall–Kier alpha value is -4.03. The molecule has 0 fully saturated rings. The molecule has 0 spiro atoms. The summed E-state index contributed by atoms with van der Waals surface area (Å²) in [6.45, 7) is 4.12. The van der Waals surface area contributed by atoms with Crippen molar-refractivity contribution >= 4 is 56.7 Å². The Morgan fingerprint density at radius 3 is 2.18 bits per heavy atom. The number of methoxy groups -OCH3 is 2. The van der Waals surface area contributed by atoms with Gasteiger partial charge in [-0.3, -0.25) is 19.2 Å². The molecule has 236 valence electrons. The monoisotopic (exact) mass is 647 g/mol. The highest BCUT2D eigenvalue weighted by molar-refractivity contribution is 7.20. The number of benzene rings is 2. The molecule has 1 aromatic heterocycles. The molecule has 0 saturated heterocycles. The summed E-state index contributed by atoms with van der Waals surface area (Å²) in [6.07, 6.45) is 0.319. The molecule has 2 atom stereocenters. The Labute approximate surface area is 263 Å². The molecule has 11 nitrogen and oxygen atoms in total. The van der Waals surface area contributed by atoms with E-state index in [1.807, 2.05) is 0 Å². The number of hydrogen-bond acceptors (Lipinski definition) is 9. The minimum atomic E-state index is -1.02. The van der Waals surface area contributed by atoms with Gasteiger partial charge in [0.1, 0.15) is 0 Å². The van der Waals surface area contributed by atoms with Crippen molar-refractivity contribution in [3.63, 3.8) is 0 Å². The second kappa shape index (κ2) is 14.2. The van der Waals surface area contributed by atoms with Gasteiger partial charge in [-0.2, -0.15) is 0 Å². The summed E-state index contributed by atoms with van der Waals surface area (Å²) in [6, 6.07) is 7.10. The van der Waals surface area contributed by atoms with Crippen LogP contribution in [-0.2, 0) is 27.5 Å². The predicted molar refractivity (Wildman–Crippen MR) is 163 cm³/mol. The lowest BCUT2D eigenvalue weighted by Crippen LogP contribution is -2.28. The van der Waals surface area contributed by atoms with E-state index in [4.69, 9.17) is 40.8 Å². The summed E-state index contributed by atoms with van der Waals surface area (Å²) >= 11 is 7.90. The Kier molecular flexibility index (Phi) is 10.6. The van der Waals surface area contributed by atoms with Crippen molar-refractivity contribution in [2.75, 3.05) is 27.4 Å². The summed E-state index contributed by atoms with van der Waals surface area (Å²) in [5.74, 6) is -2.31. The normalized spacial score (nSPS) is 13.7. The molecule has 1 amide bonds. The third kappa shape index (κ3) is 7.36. The third-order valence-corrected chi connectivity index (χ3v) is 8.88. The summed E-state index contributed by atoms with van der Waals surface area (Å²) in [5, 5.41) is 19.4. The standard InChI is InChI=1S/C31H34ClNO10S/c1-16(30(36)37)8-21(34)26-12-18-10-23(22(40-3)13-25(18)44-26)42-6-5-7-43-24-11-19-14-33(27(35)9-17(2)31(38)39)15-20(19)28(32)29(24)41-4/h10-13,16-17H,5-9,14-15H2,1-4H3,(H,36,37)(H,38,39)/t16-,17-/m0/s1. The highest BCUT2D eigenvalue weighted by Crippen LogP contribution is 2.43. The number of carboxylic acids is 2. The molecule has 4 rings (SSSR count). The Morgan fingerprint density at radius 1 is 0.886 bits per heavy atom. The number of nitrogens with zero attached hydrogens (tertiary/aromatic N) is 1. The first-order chi connectivity index (χ1) is 20.9. The van der Waals surface area contributed by atoms with Crippen molar-refractivity contribution in [2.45, 2.75) is 46.2 Å². The number of rotatable bonds is 15. The van der Waals surface area contributed by atoms with Crippen molar-refractivity contribution < 1.29 is 48.3 Å². The van der Waals surface area contributed by atoms with Crippen LogP contribution in [0.4, 0.5) is 0 Å². The number of amides is 1. The van der Waals surface area contributed by atoms with Gasteiger partial charge in [-0.15, -0.1) is 11.3 Å². The molecule has 13 heteroatoms. The molecule has 2 heterocycles. The van der Waals surface area contributed by atoms with Crippen LogP contribution in [0.5, 0.6) is 23.0 Å². The smallest absolute Gasteiger partial charge is 0.306 e. The number of aliphatic carboxylic acids is 2. The average Bonchev–Trinajstić information content (AvgIpc) is 3.61. The second-order valence-electron chi connectivity index (χ2n) is 10.6. The number of Topliss-reactive ketones (excluding diaryl/α,β-unsaturated/α-hetero) is 1. The van der Waals surface area contributed by atoms with E-state index in [-0.39, 0.29) is 37.7 Å². The van der Waals surface area contributed by atoms with E-state index in [1.54, 1.807) is 29.2 Å². The van der Waals surface area contributed by atoms with E-state index >= 15 is 0 Å². The van der Waals surface area contributed by atoms with Crippen LogP contribution in [0.25, 0.3) is 10.1 Å². The summed E-state index contributed by atoms with van der Waals surface area (Å²) in [7, 11) is 3.01. The largest absolute Gasteiger partial charge is 0.493 e. The highest BCUT2D eigenvalue weighted by Gasteiger charge is 2.30. The average molecular weight is 648 g/mol. The van der Waals surface area contributed by atoms with Gasteiger partial charge >= 0.3 is 11.9 Å². The van der Waals surface area contributed by atoms with Gasteiger partial charge in [0.05, 0.1) is 49.2 Å². The maximum Gasteiger partial charge on any atom is 0.306 e. The van der Waals surface area contributed by atoms with E-state index in [9.17, 15) is 19.2 Å². The number of carbonyl (C=O) groups is 4. The van der Waals surface area contributed by atoms with E-state index < -0.39 is 23.8 Å². The van der Waals surface area contributed by atoms with Crippen LogP contribution in [0.3, 0.4) is 0 Å². The molecule has 0 saturated carbocycles. The van der Waals surface area contributed by atoms with Crippen LogP contribution >= 0.6 is 22.9 Å². The van der Waals surface area contributed by atoms with Crippen LogP contribution in [0, 0.1) is 11.8 Å². The molecule has 2 N–H and O–H groups in total. The summed E-state index contributed by atoms with van der Waals surface area (Å²) in [4.78, 5) is 49.6. The minimum Gasteiger partial charge on any atom is -0.493 e. The Bertz CT molecular complexity index is 1590. The molecule has 1 aliphatic heterocycles. The van der Waals surface area contributed by atoms with Crippen molar-refractivity contribution in [2.24, 2.45) is 11.8 Å². The minimum absolute atomic E-state index is 0.0781. The van der Waals surface area contributed by atoms with Crippen LogP contribution in [0.2, 0.25) is 5.02 Å². The number of ether oxygens (including phenoxy) is 4. The third-order valence-electron chi connectivity index (χ3n) is 7.34. The molecular formula is C31H34ClNO10S. The van der Waals surface area contributed by atoms with E-state index in [1.165, 1.54) is 39.4 Å². The number of thiophene rings is 1. The van der Waals surface area contributed by atoms with Gasteiger partial charge in [0, 0.05) is 43.1 Å². The molecule has 0 bridgehead atoms. The van der Waals surface area contributed by atoms with Gasteiger partial charge in [0.15, 0.2) is 28.8 Å². The van der Waals surface area contributed by atoms with Crippen molar-refractivity contribution in [1.82, 2.24) is 4.90 Å². The van der Waals surface area contributed by atoms with Gasteiger partial charge in [0.25, 0.3) is 0 Å². The van der Waals surface area contributed by atoms with Gasteiger partial charge < -0.3 is 34.1 Å². The number of fused-ring (bicyclic) bond motifs is 2. The highest BCUT2D eigenvalue weighted by atomic mass is 35.5. The van der Waals surface area contributed by atoms with Crippen molar-refractivity contribution in [3.8, 4) is 23.0 Å². The fraction of sp³-hybridized carbons (Fsp3) is 0.419. The van der Waals surface area contributed by atoms with E-state index in [0.29, 0.717) is 52.5 Å². The lowest BCUT2D eigenvalue weighted by molar-refractivity contribution is -0.145. The topological polar surface area (TPSA) is 149 Å². The van der Waals surface area contributed by atoms with Gasteiger partial charge in [0.2, 0.25) is 5.91 Å². The Morgan fingerprint density at radius 2 is 1.55 bits per heavy atom. The molecule has 0 unspecified atom stereocenters. The van der Waals surface area contributed by atoms with Crippen LogP contribution in [0.15, 0.2) is 24.3 Å². The van der Waals surface area contributed by atoms with Crippen LogP contribution in [-0.4, -0.2) is 66.2 Å². The first-order valence-electron chi connectivity index (χ1n) is 13.9. The van der Waals surface area contributed by atoms with Crippen LogP contribution in [0.1, 0.15) is 53.9 Å².